The summed E-state index contributed by atoms with van der Waals surface area (Å²) in [7, 11) is -3.43. The van der Waals surface area contributed by atoms with E-state index in [1.807, 2.05) is 25.1 Å². The summed E-state index contributed by atoms with van der Waals surface area (Å²) in [5.74, 6) is 0. The summed E-state index contributed by atoms with van der Waals surface area (Å²) < 4.78 is 27.4. The molecule has 0 aromatic heterocycles. The van der Waals surface area contributed by atoms with Crippen LogP contribution in [0.3, 0.4) is 0 Å². The van der Waals surface area contributed by atoms with E-state index in [1.54, 1.807) is 16.4 Å². The van der Waals surface area contributed by atoms with Gasteiger partial charge < -0.3 is 0 Å². The van der Waals surface area contributed by atoms with Crippen molar-refractivity contribution in [3.63, 3.8) is 0 Å². The van der Waals surface area contributed by atoms with Gasteiger partial charge in [0, 0.05) is 13.1 Å². The molecule has 0 aliphatic carbocycles. The summed E-state index contributed by atoms with van der Waals surface area (Å²) in [5, 5.41) is 0. The molecular formula is C19H27NO2S. The fourth-order valence-electron chi connectivity index (χ4n) is 3.13. The Bertz CT molecular complexity index is 707. The first-order valence-corrected chi connectivity index (χ1v) is 9.49. The lowest BCUT2D eigenvalue weighted by molar-refractivity contribution is 0.375. The van der Waals surface area contributed by atoms with Crippen LogP contribution in [0.2, 0.25) is 0 Å². The van der Waals surface area contributed by atoms with Gasteiger partial charge in [0.15, 0.2) is 0 Å². The minimum absolute atomic E-state index is 0.0675. The number of aryl methyl sites for hydroxylation is 1. The molecule has 1 aliphatic heterocycles. The summed E-state index contributed by atoms with van der Waals surface area (Å²) in [6.45, 7) is 13.4. The van der Waals surface area contributed by atoms with Crippen LogP contribution in [0.25, 0.3) is 0 Å². The molecule has 0 bridgehead atoms. The second kappa shape index (κ2) is 6.62. The molecule has 0 atom stereocenters. The Balaban J connectivity index is 2.35. The van der Waals surface area contributed by atoms with Crippen LogP contribution < -0.4 is 0 Å². The monoisotopic (exact) mass is 333 g/mol. The Morgan fingerprint density at radius 2 is 1.83 bits per heavy atom. The van der Waals surface area contributed by atoms with Gasteiger partial charge in [0.05, 0.1) is 4.90 Å². The molecule has 0 spiro atoms. The van der Waals surface area contributed by atoms with Crippen molar-refractivity contribution in [3.05, 3.63) is 53.6 Å². The molecule has 2 rings (SSSR count). The minimum Gasteiger partial charge on any atom is -0.207 e. The Hall–Kier alpha value is -1.39. The zero-order chi connectivity index (χ0) is 17.3. The van der Waals surface area contributed by atoms with Crippen LogP contribution in [0.1, 0.15) is 39.2 Å². The van der Waals surface area contributed by atoms with Gasteiger partial charge in [0.2, 0.25) is 10.0 Å². The Morgan fingerprint density at radius 1 is 1.22 bits per heavy atom. The Kier molecular flexibility index (Phi) is 5.17. The van der Waals surface area contributed by atoms with Gasteiger partial charge in [-0.25, -0.2) is 8.42 Å². The number of rotatable bonds is 4. The van der Waals surface area contributed by atoms with E-state index in [1.165, 1.54) is 11.1 Å². The van der Waals surface area contributed by atoms with Crippen LogP contribution in [0, 0.1) is 12.3 Å². The van der Waals surface area contributed by atoms with Crippen LogP contribution in [0.4, 0.5) is 0 Å². The van der Waals surface area contributed by atoms with Crippen molar-refractivity contribution in [2.75, 3.05) is 13.1 Å². The molecule has 4 heteroatoms. The molecule has 0 radical (unpaired) electrons. The molecule has 0 saturated heterocycles. The second-order valence-corrected chi connectivity index (χ2v) is 9.16. The quantitative estimate of drug-likeness (QED) is 0.770. The van der Waals surface area contributed by atoms with Crippen molar-refractivity contribution in [2.45, 2.75) is 45.4 Å². The lowest BCUT2D eigenvalue weighted by Crippen LogP contribution is -2.38. The van der Waals surface area contributed by atoms with Crippen LogP contribution in [0.5, 0.6) is 0 Å². The molecule has 0 fully saturated rings. The first kappa shape index (κ1) is 18.0. The van der Waals surface area contributed by atoms with Crippen molar-refractivity contribution in [3.8, 4) is 0 Å². The number of nitrogens with zero attached hydrogens (tertiary/aromatic N) is 1. The predicted molar refractivity (Wildman–Crippen MR) is 95.8 cm³/mol. The first-order chi connectivity index (χ1) is 10.7. The second-order valence-electron chi connectivity index (χ2n) is 7.23. The highest BCUT2D eigenvalue weighted by molar-refractivity contribution is 7.89. The molecule has 3 nitrogen and oxygen atoms in total. The van der Waals surface area contributed by atoms with Gasteiger partial charge in [-0.05, 0) is 37.3 Å². The predicted octanol–water partition coefficient (Wildman–Crippen LogP) is 4.31. The van der Waals surface area contributed by atoms with Crippen LogP contribution >= 0.6 is 0 Å². The zero-order valence-electron chi connectivity index (χ0n) is 14.6. The third kappa shape index (κ3) is 3.93. The van der Waals surface area contributed by atoms with E-state index in [-0.39, 0.29) is 5.41 Å². The van der Waals surface area contributed by atoms with Gasteiger partial charge in [0.1, 0.15) is 0 Å². The molecule has 1 aromatic carbocycles. The number of hydrogen-bond acceptors (Lipinski definition) is 2. The molecule has 126 valence electrons. The van der Waals surface area contributed by atoms with Gasteiger partial charge in [-0.1, -0.05) is 55.7 Å². The molecule has 23 heavy (non-hydrogen) atoms. The van der Waals surface area contributed by atoms with E-state index < -0.39 is 10.0 Å². The molecule has 0 unspecified atom stereocenters. The summed E-state index contributed by atoms with van der Waals surface area (Å²) in [6.07, 6.45) is 3.40. The minimum atomic E-state index is -3.43. The van der Waals surface area contributed by atoms with Gasteiger partial charge in [-0.2, -0.15) is 4.31 Å². The molecule has 1 aromatic rings. The maximum atomic E-state index is 12.9. The lowest BCUT2D eigenvalue weighted by atomic mass is 9.79. The van der Waals surface area contributed by atoms with E-state index in [2.05, 4.69) is 27.4 Å². The highest BCUT2D eigenvalue weighted by Gasteiger charge is 2.32. The van der Waals surface area contributed by atoms with Crippen molar-refractivity contribution in [1.29, 1.82) is 0 Å². The maximum absolute atomic E-state index is 12.9. The topological polar surface area (TPSA) is 37.4 Å². The number of hydrogen-bond donors (Lipinski definition) is 0. The van der Waals surface area contributed by atoms with Crippen LogP contribution in [-0.4, -0.2) is 25.8 Å². The third-order valence-electron chi connectivity index (χ3n) is 4.36. The largest absolute Gasteiger partial charge is 0.243 e. The average Bonchev–Trinajstić information content (AvgIpc) is 2.47. The molecule has 1 aliphatic rings. The fourth-order valence-corrected chi connectivity index (χ4v) is 4.57. The van der Waals surface area contributed by atoms with Gasteiger partial charge in [-0.15, -0.1) is 6.58 Å². The molecule has 0 saturated carbocycles. The van der Waals surface area contributed by atoms with Gasteiger partial charge in [-0.3, -0.25) is 0 Å². The fraction of sp³-hybridized carbons (Fsp3) is 0.474. The highest BCUT2D eigenvalue weighted by Crippen LogP contribution is 2.36. The Morgan fingerprint density at radius 3 is 2.35 bits per heavy atom. The smallest absolute Gasteiger partial charge is 0.207 e. The van der Waals surface area contributed by atoms with Crippen molar-refractivity contribution >= 4 is 10.0 Å². The Labute approximate surface area is 140 Å². The van der Waals surface area contributed by atoms with E-state index >= 15 is 0 Å². The molecule has 1 heterocycles. The summed E-state index contributed by atoms with van der Waals surface area (Å²) in [6, 6.07) is 7.08. The molecule has 0 N–H and O–H groups in total. The SMILES string of the molecule is C=CCC1=C(C(C)(C)C)CCN(S(=O)(=O)c2ccc(C)cc2)C1. The van der Waals surface area contributed by atoms with Crippen molar-refractivity contribution in [2.24, 2.45) is 5.41 Å². The number of benzene rings is 1. The van der Waals surface area contributed by atoms with Crippen molar-refractivity contribution < 1.29 is 8.42 Å². The van der Waals surface area contributed by atoms with E-state index in [0.29, 0.717) is 18.0 Å². The summed E-state index contributed by atoms with van der Waals surface area (Å²) >= 11 is 0. The van der Waals surface area contributed by atoms with E-state index in [0.717, 1.165) is 18.4 Å². The highest BCUT2D eigenvalue weighted by atomic mass is 32.2. The number of sulfonamides is 1. The first-order valence-electron chi connectivity index (χ1n) is 8.05. The summed E-state index contributed by atoms with van der Waals surface area (Å²) in [5.41, 5.74) is 3.69. The van der Waals surface area contributed by atoms with Crippen molar-refractivity contribution in [1.82, 2.24) is 4.31 Å². The van der Waals surface area contributed by atoms with Gasteiger partial charge in [0.25, 0.3) is 0 Å². The van der Waals surface area contributed by atoms with Gasteiger partial charge >= 0.3 is 0 Å². The van der Waals surface area contributed by atoms with E-state index in [4.69, 9.17) is 0 Å². The zero-order valence-corrected chi connectivity index (χ0v) is 15.4. The maximum Gasteiger partial charge on any atom is 0.243 e. The molecule has 0 amide bonds. The summed E-state index contributed by atoms with van der Waals surface area (Å²) in [4.78, 5) is 0.375. The van der Waals surface area contributed by atoms with Crippen LogP contribution in [0.15, 0.2) is 53.0 Å². The molecular weight excluding hydrogens is 306 g/mol. The number of allylic oxidation sites excluding steroid dienone is 1. The van der Waals surface area contributed by atoms with Crippen LogP contribution in [-0.2, 0) is 10.0 Å². The normalized spacial score (nSPS) is 17.4. The average molecular weight is 333 g/mol. The van der Waals surface area contributed by atoms with E-state index in [9.17, 15) is 8.42 Å². The third-order valence-corrected chi connectivity index (χ3v) is 6.22. The standard InChI is InChI=1S/C19H27NO2S/c1-6-7-16-14-20(13-12-18(16)19(3,4)5)23(21,22)17-10-8-15(2)9-11-17/h6,8-11H,1,7,12-14H2,2-5H3. The lowest BCUT2D eigenvalue weighted by Gasteiger charge is -2.35.